The second-order valence-electron chi connectivity index (χ2n) is 4.94. The molecule has 0 bridgehead atoms. The van der Waals surface area contributed by atoms with E-state index in [9.17, 15) is 24.6 Å². The average Bonchev–Trinajstić information content (AvgIpc) is 2.78. The number of aromatic hydroxyl groups is 2. The first kappa shape index (κ1) is 14.6. The Kier molecular flexibility index (Phi) is 3.29. The van der Waals surface area contributed by atoms with E-state index in [4.69, 9.17) is 14.3 Å². The Bertz CT molecular complexity index is 921. The number of ether oxygens (including phenoxy) is 1. The molecular formula is C15H10O8. The number of esters is 1. The lowest BCUT2D eigenvalue weighted by molar-refractivity contribution is -0.144. The van der Waals surface area contributed by atoms with E-state index in [0.29, 0.717) is 0 Å². The zero-order valence-corrected chi connectivity index (χ0v) is 11.5. The van der Waals surface area contributed by atoms with Gasteiger partial charge < -0.3 is 24.5 Å². The topological polar surface area (TPSA) is 134 Å². The van der Waals surface area contributed by atoms with E-state index in [-0.39, 0.29) is 27.9 Å². The van der Waals surface area contributed by atoms with Crippen LogP contribution in [0.25, 0.3) is 16.5 Å². The number of benzene rings is 1. The second kappa shape index (κ2) is 5.16. The summed E-state index contributed by atoms with van der Waals surface area (Å²) < 4.78 is 10.1. The van der Waals surface area contributed by atoms with Crippen molar-refractivity contribution in [3.8, 4) is 11.5 Å². The van der Waals surface area contributed by atoms with Gasteiger partial charge in [0.1, 0.15) is 34.8 Å². The largest absolute Gasteiger partial charge is 0.508 e. The summed E-state index contributed by atoms with van der Waals surface area (Å²) in [5.41, 5.74) is -0.725. The highest BCUT2D eigenvalue weighted by atomic mass is 16.5. The van der Waals surface area contributed by atoms with Crippen LogP contribution < -0.4 is 5.43 Å². The van der Waals surface area contributed by atoms with Crippen LogP contribution in [0.1, 0.15) is 12.0 Å². The highest BCUT2D eigenvalue weighted by Gasteiger charge is 2.31. The minimum Gasteiger partial charge on any atom is -0.508 e. The molecule has 1 atom stereocenters. The van der Waals surface area contributed by atoms with Crippen molar-refractivity contribution in [2.75, 3.05) is 0 Å². The molecule has 3 N–H and O–H groups in total. The monoisotopic (exact) mass is 318 g/mol. The van der Waals surface area contributed by atoms with Gasteiger partial charge in [0.25, 0.3) is 0 Å². The summed E-state index contributed by atoms with van der Waals surface area (Å²) in [6, 6.07) is 2.13. The molecule has 0 amide bonds. The number of rotatable bonds is 3. The summed E-state index contributed by atoms with van der Waals surface area (Å²) in [5, 5.41) is 27.9. The molecule has 1 aromatic carbocycles. The first-order valence-corrected chi connectivity index (χ1v) is 6.48. The lowest BCUT2D eigenvalue weighted by Crippen LogP contribution is -2.19. The second-order valence-corrected chi connectivity index (χ2v) is 4.94. The fraction of sp³-hybridized carbons (Fsp3) is 0.133. The van der Waals surface area contributed by atoms with Crippen LogP contribution in [0.4, 0.5) is 0 Å². The predicted octanol–water partition coefficient (Wildman–Crippen LogP) is 0.988. The van der Waals surface area contributed by atoms with Crippen LogP contribution in [0.3, 0.4) is 0 Å². The third-order valence-electron chi connectivity index (χ3n) is 3.39. The van der Waals surface area contributed by atoms with Crippen molar-refractivity contribution in [2.45, 2.75) is 12.5 Å². The molecule has 0 radical (unpaired) electrons. The van der Waals surface area contributed by atoms with Gasteiger partial charge in [-0.1, -0.05) is 0 Å². The summed E-state index contributed by atoms with van der Waals surface area (Å²) in [6.07, 6.45) is 0.436. The average molecular weight is 318 g/mol. The highest BCUT2D eigenvalue weighted by Crippen LogP contribution is 2.31. The van der Waals surface area contributed by atoms with Gasteiger partial charge in [0.2, 0.25) is 5.43 Å². The van der Waals surface area contributed by atoms with E-state index in [1.54, 1.807) is 0 Å². The van der Waals surface area contributed by atoms with E-state index in [0.717, 1.165) is 24.5 Å². The number of hydrogen-bond acceptors (Lipinski definition) is 7. The van der Waals surface area contributed by atoms with Gasteiger partial charge in [-0.2, -0.15) is 0 Å². The standard InChI is InChI=1S/C15H10O8/c16-6-1-9(17)14-11(2-6)22-5-8(15(14)21)7-3-13(20)23-10(7)4-12(18)19/h1-3,5,10,16-17H,4H2,(H,18,19). The fourth-order valence-electron chi connectivity index (χ4n) is 2.44. The van der Waals surface area contributed by atoms with Gasteiger partial charge in [-0.05, 0) is 0 Å². The molecule has 1 unspecified atom stereocenters. The van der Waals surface area contributed by atoms with E-state index < -0.39 is 35.6 Å². The normalized spacial score (nSPS) is 17.1. The number of hydrogen-bond donors (Lipinski definition) is 3. The molecule has 0 saturated heterocycles. The van der Waals surface area contributed by atoms with Gasteiger partial charge in [-0.15, -0.1) is 0 Å². The van der Waals surface area contributed by atoms with Crippen molar-refractivity contribution in [3.05, 3.63) is 40.3 Å². The molecular weight excluding hydrogens is 308 g/mol. The number of phenolic OH excluding ortho intramolecular Hbond substituents is 2. The number of carboxylic acid groups (broad SMARTS) is 1. The lowest BCUT2D eigenvalue weighted by atomic mass is 9.99. The van der Waals surface area contributed by atoms with Gasteiger partial charge in [0.05, 0.1) is 12.0 Å². The maximum absolute atomic E-state index is 12.5. The highest BCUT2D eigenvalue weighted by molar-refractivity contribution is 5.99. The maximum atomic E-state index is 12.5. The van der Waals surface area contributed by atoms with Gasteiger partial charge in [0, 0.05) is 23.8 Å². The Morgan fingerprint density at radius 2 is 1.96 bits per heavy atom. The van der Waals surface area contributed by atoms with Gasteiger partial charge in [-0.3, -0.25) is 9.59 Å². The maximum Gasteiger partial charge on any atom is 0.331 e. The number of carbonyl (C=O) groups excluding carboxylic acids is 1. The molecule has 0 saturated carbocycles. The molecule has 0 fully saturated rings. The first-order chi connectivity index (χ1) is 10.9. The van der Waals surface area contributed by atoms with Crippen LogP contribution in [0.2, 0.25) is 0 Å². The van der Waals surface area contributed by atoms with Gasteiger partial charge >= 0.3 is 11.9 Å². The Balaban J connectivity index is 2.19. The Labute approximate surface area is 127 Å². The van der Waals surface area contributed by atoms with E-state index in [2.05, 4.69) is 0 Å². The summed E-state index contributed by atoms with van der Waals surface area (Å²) >= 11 is 0. The molecule has 1 aliphatic rings. The Morgan fingerprint density at radius 3 is 2.65 bits per heavy atom. The van der Waals surface area contributed by atoms with Crippen molar-refractivity contribution >= 4 is 28.5 Å². The first-order valence-electron chi connectivity index (χ1n) is 6.48. The molecule has 3 rings (SSSR count). The molecule has 0 aliphatic carbocycles. The number of carboxylic acids is 1. The van der Waals surface area contributed by atoms with Crippen LogP contribution in [-0.4, -0.2) is 33.4 Å². The van der Waals surface area contributed by atoms with E-state index >= 15 is 0 Å². The summed E-state index contributed by atoms with van der Waals surface area (Å²) in [4.78, 5) is 34.8. The molecule has 1 aliphatic heterocycles. The summed E-state index contributed by atoms with van der Waals surface area (Å²) in [5.74, 6) is -2.74. The number of cyclic esters (lactones) is 1. The van der Waals surface area contributed by atoms with Crippen LogP contribution in [0.5, 0.6) is 11.5 Å². The van der Waals surface area contributed by atoms with Crippen LogP contribution >= 0.6 is 0 Å². The third kappa shape index (κ3) is 2.50. The van der Waals surface area contributed by atoms with Crippen LogP contribution in [-0.2, 0) is 14.3 Å². The van der Waals surface area contributed by atoms with E-state index in [1.807, 2.05) is 0 Å². The van der Waals surface area contributed by atoms with Crippen molar-refractivity contribution in [1.29, 1.82) is 0 Å². The van der Waals surface area contributed by atoms with Crippen molar-refractivity contribution < 1.29 is 34.1 Å². The minimum atomic E-state index is -1.20. The molecule has 2 heterocycles. The zero-order valence-electron chi connectivity index (χ0n) is 11.5. The smallest absolute Gasteiger partial charge is 0.331 e. The predicted molar refractivity (Wildman–Crippen MR) is 75.9 cm³/mol. The lowest BCUT2D eigenvalue weighted by Gasteiger charge is -2.12. The molecule has 8 nitrogen and oxygen atoms in total. The van der Waals surface area contributed by atoms with Crippen molar-refractivity contribution in [2.24, 2.45) is 0 Å². The number of carbonyl (C=O) groups is 2. The Morgan fingerprint density at radius 1 is 1.22 bits per heavy atom. The number of phenols is 2. The third-order valence-corrected chi connectivity index (χ3v) is 3.39. The SMILES string of the molecule is O=C(O)CC1OC(=O)C=C1c1coc2cc(O)cc(O)c2c1=O. The molecule has 23 heavy (non-hydrogen) atoms. The van der Waals surface area contributed by atoms with Crippen LogP contribution in [0, 0.1) is 0 Å². The molecule has 1 aromatic heterocycles. The minimum absolute atomic E-state index is 0.0446. The number of fused-ring (bicyclic) bond motifs is 1. The van der Waals surface area contributed by atoms with Gasteiger partial charge in [0.15, 0.2) is 0 Å². The summed E-state index contributed by atoms with van der Waals surface area (Å²) in [6.45, 7) is 0. The molecule has 0 spiro atoms. The quantitative estimate of drug-likeness (QED) is 0.713. The molecule has 118 valence electrons. The Hall–Kier alpha value is -3.29. The summed E-state index contributed by atoms with van der Waals surface area (Å²) in [7, 11) is 0. The van der Waals surface area contributed by atoms with Gasteiger partial charge in [-0.25, -0.2) is 4.79 Å². The van der Waals surface area contributed by atoms with Crippen molar-refractivity contribution in [3.63, 3.8) is 0 Å². The number of aliphatic carboxylic acids is 1. The van der Waals surface area contributed by atoms with Crippen molar-refractivity contribution in [1.82, 2.24) is 0 Å². The molecule has 8 heteroatoms. The zero-order chi connectivity index (χ0) is 16.7. The van der Waals surface area contributed by atoms with E-state index in [1.165, 1.54) is 0 Å². The van der Waals surface area contributed by atoms with Crippen LogP contribution in [0.15, 0.2) is 33.7 Å². The molecule has 2 aromatic rings. The fourth-order valence-corrected chi connectivity index (χ4v) is 2.44.